The van der Waals surface area contributed by atoms with Gasteiger partial charge in [-0.3, -0.25) is 14.9 Å². The Morgan fingerprint density at radius 3 is 2.77 bits per heavy atom. The number of sulfone groups is 1. The number of amides is 1. The van der Waals surface area contributed by atoms with Gasteiger partial charge in [0, 0.05) is 18.2 Å². The predicted molar refractivity (Wildman–Crippen MR) is 78.8 cm³/mol. The molecule has 120 valence electrons. The Morgan fingerprint density at radius 1 is 1.50 bits per heavy atom. The van der Waals surface area contributed by atoms with Crippen molar-refractivity contribution in [2.24, 2.45) is 0 Å². The van der Waals surface area contributed by atoms with Gasteiger partial charge in [-0.15, -0.1) is 0 Å². The van der Waals surface area contributed by atoms with Gasteiger partial charge in [0.15, 0.2) is 16.4 Å². The summed E-state index contributed by atoms with van der Waals surface area (Å²) in [4.78, 5) is 21.7. The summed E-state index contributed by atoms with van der Waals surface area (Å²) in [6.07, 6.45) is 0.381. The first kappa shape index (κ1) is 16.5. The minimum absolute atomic E-state index is 0.0189. The summed E-state index contributed by atoms with van der Waals surface area (Å²) < 4.78 is 27.7. The number of hydrogen-bond donors (Lipinski definition) is 1. The minimum atomic E-state index is -3.07. The number of nitrogens with zero attached hydrogens (tertiary/aromatic N) is 1. The maximum atomic E-state index is 11.7. The Morgan fingerprint density at radius 2 is 2.23 bits per heavy atom. The monoisotopic (exact) mass is 348 g/mol. The van der Waals surface area contributed by atoms with Gasteiger partial charge in [-0.1, -0.05) is 11.6 Å². The number of rotatable bonds is 5. The third-order valence-electron chi connectivity index (χ3n) is 3.08. The average Bonchev–Trinajstić information content (AvgIpc) is 2.76. The molecule has 1 aromatic carbocycles. The maximum absolute atomic E-state index is 11.7. The molecule has 1 aromatic rings. The number of hydrogen-bond acceptors (Lipinski definition) is 6. The molecule has 1 aliphatic rings. The van der Waals surface area contributed by atoms with Crippen molar-refractivity contribution in [2.45, 2.75) is 12.5 Å². The van der Waals surface area contributed by atoms with Crippen molar-refractivity contribution in [1.82, 2.24) is 5.32 Å². The third kappa shape index (κ3) is 4.31. The lowest BCUT2D eigenvalue weighted by Crippen LogP contribution is -2.38. The van der Waals surface area contributed by atoms with E-state index in [9.17, 15) is 23.3 Å². The molecule has 1 aliphatic heterocycles. The van der Waals surface area contributed by atoms with Crippen LogP contribution in [0.25, 0.3) is 0 Å². The van der Waals surface area contributed by atoms with Crippen LogP contribution in [0.1, 0.15) is 6.42 Å². The van der Waals surface area contributed by atoms with E-state index in [0.29, 0.717) is 6.42 Å². The fourth-order valence-electron chi connectivity index (χ4n) is 2.04. The lowest BCUT2D eigenvalue weighted by molar-refractivity contribution is -0.384. The Hall–Kier alpha value is -1.87. The van der Waals surface area contributed by atoms with Crippen LogP contribution in [0, 0.1) is 10.1 Å². The van der Waals surface area contributed by atoms with Crippen LogP contribution in [-0.4, -0.2) is 43.4 Å². The number of benzene rings is 1. The molecule has 0 radical (unpaired) electrons. The van der Waals surface area contributed by atoms with Gasteiger partial charge >= 0.3 is 0 Å². The van der Waals surface area contributed by atoms with Gasteiger partial charge in [0.05, 0.1) is 21.5 Å². The molecule has 0 aliphatic carbocycles. The fourth-order valence-corrected chi connectivity index (χ4v) is 3.94. The number of halogens is 1. The summed E-state index contributed by atoms with van der Waals surface area (Å²) in [5, 5.41) is 13.1. The first-order chi connectivity index (χ1) is 10.3. The van der Waals surface area contributed by atoms with Crippen LogP contribution in [-0.2, 0) is 14.6 Å². The van der Waals surface area contributed by atoms with Crippen molar-refractivity contribution < 1.29 is 22.9 Å². The van der Waals surface area contributed by atoms with E-state index in [4.69, 9.17) is 16.3 Å². The summed E-state index contributed by atoms with van der Waals surface area (Å²) in [5.74, 6) is -0.345. The highest BCUT2D eigenvalue weighted by atomic mass is 35.5. The first-order valence-electron chi connectivity index (χ1n) is 6.33. The van der Waals surface area contributed by atoms with Crippen molar-refractivity contribution >= 4 is 33.0 Å². The van der Waals surface area contributed by atoms with Gasteiger partial charge in [0.25, 0.3) is 11.6 Å². The second kappa shape index (κ2) is 6.49. The van der Waals surface area contributed by atoms with Crippen LogP contribution in [0.4, 0.5) is 5.69 Å². The van der Waals surface area contributed by atoms with Crippen molar-refractivity contribution in [2.75, 3.05) is 18.1 Å². The summed E-state index contributed by atoms with van der Waals surface area (Å²) >= 11 is 5.82. The molecular weight excluding hydrogens is 336 g/mol. The Bertz CT molecular complexity index is 706. The summed E-state index contributed by atoms with van der Waals surface area (Å²) in [6.45, 7) is -0.353. The summed E-state index contributed by atoms with van der Waals surface area (Å²) in [5.41, 5.74) is -0.182. The van der Waals surface area contributed by atoms with Crippen molar-refractivity contribution in [3.63, 3.8) is 0 Å². The number of carbonyl (C=O) groups excluding carboxylic acids is 1. The fraction of sp³-hybridized carbons (Fsp3) is 0.417. The van der Waals surface area contributed by atoms with E-state index in [1.54, 1.807) is 0 Å². The maximum Gasteiger partial charge on any atom is 0.271 e. The van der Waals surface area contributed by atoms with Crippen molar-refractivity contribution in [3.05, 3.63) is 33.3 Å². The first-order valence-corrected chi connectivity index (χ1v) is 8.53. The van der Waals surface area contributed by atoms with E-state index >= 15 is 0 Å². The topological polar surface area (TPSA) is 116 Å². The van der Waals surface area contributed by atoms with Crippen LogP contribution in [0.5, 0.6) is 5.75 Å². The average molecular weight is 349 g/mol. The third-order valence-corrected chi connectivity index (χ3v) is 5.15. The van der Waals surface area contributed by atoms with Gasteiger partial charge in [-0.05, 0) is 12.5 Å². The zero-order valence-electron chi connectivity index (χ0n) is 11.3. The van der Waals surface area contributed by atoms with Crippen LogP contribution in [0.15, 0.2) is 18.2 Å². The predicted octanol–water partition coefficient (Wildman–Crippen LogP) is 0.930. The molecule has 0 aromatic heterocycles. The Labute approximate surface area is 131 Å². The normalized spacial score (nSPS) is 19.6. The standard InChI is InChI=1S/C12H13ClN2O6S/c13-10-5-9(15(17)18)1-2-11(10)21-6-12(16)14-8-3-4-22(19,20)7-8/h1-2,5,8H,3-4,6-7H2,(H,14,16). The summed E-state index contributed by atoms with van der Waals surface area (Å²) in [6, 6.07) is 3.22. The second-order valence-electron chi connectivity index (χ2n) is 4.83. The largest absolute Gasteiger partial charge is 0.482 e. The lowest BCUT2D eigenvalue weighted by atomic mass is 10.2. The number of nitro groups is 1. The zero-order valence-corrected chi connectivity index (χ0v) is 12.9. The van der Waals surface area contributed by atoms with Crippen LogP contribution < -0.4 is 10.1 Å². The lowest BCUT2D eigenvalue weighted by Gasteiger charge is -2.12. The number of non-ortho nitro benzene ring substituents is 1. The van der Waals surface area contributed by atoms with Crippen molar-refractivity contribution in [3.8, 4) is 5.75 Å². The zero-order chi connectivity index (χ0) is 16.3. The van der Waals surface area contributed by atoms with E-state index in [1.165, 1.54) is 12.1 Å². The molecule has 1 atom stereocenters. The Kier molecular flexibility index (Phi) is 4.87. The molecular formula is C12H13ClN2O6S. The van der Waals surface area contributed by atoms with Gasteiger partial charge < -0.3 is 10.1 Å². The molecule has 1 fully saturated rings. The van der Waals surface area contributed by atoms with E-state index in [2.05, 4.69) is 5.32 Å². The molecule has 2 rings (SSSR count). The van der Waals surface area contributed by atoms with E-state index < -0.39 is 26.7 Å². The molecule has 22 heavy (non-hydrogen) atoms. The summed E-state index contributed by atoms with van der Waals surface area (Å²) in [7, 11) is -3.07. The molecule has 0 bridgehead atoms. The molecule has 0 spiro atoms. The highest BCUT2D eigenvalue weighted by molar-refractivity contribution is 7.91. The number of nitro benzene ring substituents is 1. The van der Waals surface area contributed by atoms with Gasteiger partial charge in [0.1, 0.15) is 5.75 Å². The Balaban J connectivity index is 1.88. The minimum Gasteiger partial charge on any atom is -0.482 e. The number of ether oxygens (including phenoxy) is 1. The van der Waals surface area contributed by atoms with Crippen LogP contribution in [0.2, 0.25) is 5.02 Å². The highest BCUT2D eigenvalue weighted by Crippen LogP contribution is 2.28. The molecule has 1 heterocycles. The van der Waals surface area contributed by atoms with E-state index in [-0.39, 0.29) is 34.6 Å². The van der Waals surface area contributed by atoms with Gasteiger partial charge in [-0.25, -0.2) is 8.42 Å². The smallest absolute Gasteiger partial charge is 0.271 e. The van der Waals surface area contributed by atoms with Gasteiger partial charge in [-0.2, -0.15) is 0 Å². The van der Waals surface area contributed by atoms with E-state index in [0.717, 1.165) is 6.07 Å². The number of nitrogens with one attached hydrogen (secondary N) is 1. The van der Waals surface area contributed by atoms with Crippen molar-refractivity contribution in [1.29, 1.82) is 0 Å². The quantitative estimate of drug-likeness (QED) is 0.625. The van der Waals surface area contributed by atoms with Crippen LogP contribution >= 0.6 is 11.6 Å². The molecule has 1 N–H and O–H groups in total. The molecule has 1 unspecified atom stereocenters. The van der Waals surface area contributed by atoms with Gasteiger partial charge in [0.2, 0.25) is 0 Å². The van der Waals surface area contributed by atoms with Crippen LogP contribution in [0.3, 0.4) is 0 Å². The number of carbonyl (C=O) groups is 1. The second-order valence-corrected chi connectivity index (χ2v) is 7.46. The molecule has 0 saturated carbocycles. The molecule has 1 saturated heterocycles. The highest BCUT2D eigenvalue weighted by Gasteiger charge is 2.28. The SMILES string of the molecule is O=C(COc1ccc([N+](=O)[O-])cc1Cl)NC1CCS(=O)(=O)C1. The molecule has 8 nitrogen and oxygen atoms in total. The molecule has 10 heteroatoms. The van der Waals surface area contributed by atoms with E-state index in [1.807, 2.05) is 0 Å². The molecule has 1 amide bonds.